The second-order valence-electron chi connectivity index (χ2n) is 7.92. The van der Waals surface area contributed by atoms with Crippen molar-refractivity contribution in [1.82, 2.24) is 23.6 Å². The standard InChI is InChI=1S/C21H26Cl2N6O2/c1-25-19-18(20(30)26(2)21(25)31)29(14-24-19)9-4-3-8-27-10-12-28(13-11-27)16-7-5-6-15(22)17(16)23/h5-7,14H,3-4,8-13H2,1-2H3. The lowest BCUT2D eigenvalue weighted by Crippen LogP contribution is -2.46. The van der Waals surface area contributed by atoms with Crippen LogP contribution in [-0.2, 0) is 20.6 Å². The quantitative estimate of drug-likeness (QED) is 0.523. The van der Waals surface area contributed by atoms with E-state index >= 15 is 0 Å². The lowest BCUT2D eigenvalue weighted by Gasteiger charge is -2.36. The van der Waals surface area contributed by atoms with Crippen LogP contribution in [0.15, 0.2) is 34.1 Å². The minimum Gasteiger partial charge on any atom is -0.368 e. The summed E-state index contributed by atoms with van der Waals surface area (Å²) in [4.78, 5) is 33.6. The zero-order valence-electron chi connectivity index (χ0n) is 17.7. The van der Waals surface area contributed by atoms with Gasteiger partial charge in [0, 0.05) is 46.8 Å². The van der Waals surface area contributed by atoms with Crippen molar-refractivity contribution in [3.63, 3.8) is 0 Å². The van der Waals surface area contributed by atoms with Crippen molar-refractivity contribution in [1.29, 1.82) is 0 Å². The molecule has 0 bridgehead atoms. The van der Waals surface area contributed by atoms with Crippen LogP contribution in [0.4, 0.5) is 5.69 Å². The van der Waals surface area contributed by atoms with E-state index in [1.165, 1.54) is 11.6 Å². The number of imidazole rings is 1. The monoisotopic (exact) mass is 464 g/mol. The van der Waals surface area contributed by atoms with Gasteiger partial charge in [-0.2, -0.15) is 0 Å². The van der Waals surface area contributed by atoms with E-state index in [1.54, 1.807) is 13.4 Å². The maximum Gasteiger partial charge on any atom is 0.332 e. The molecule has 0 aliphatic carbocycles. The molecule has 3 heterocycles. The third-order valence-corrected chi connectivity index (χ3v) is 6.79. The molecule has 31 heavy (non-hydrogen) atoms. The van der Waals surface area contributed by atoms with Crippen LogP contribution in [0.1, 0.15) is 12.8 Å². The van der Waals surface area contributed by atoms with Crippen LogP contribution < -0.4 is 16.1 Å². The Morgan fingerprint density at radius 3 is 2.42 bits per heavy atom. The molecule has 0 unspecified atom stereocenters. The summed E-state index contributed by atoms with van der Waals surface area (Å²) >= 11 is 12.5. The van der Waals surface area contributed by atoms with E-state index in [0.29, 0.717) is 27.8 Å². The Labute approximate surface area is 190 Å². The minimum atomic E-state index is -0.360. The fourth-order valence-electron chi connectivity index (χ4n) is 4.13. The number of halogens is 2. The molecule has 1 aromatic carbocycles. The molecule has 1 aliphatic heterocycles. The van der Waals surface area contributed by atoms with Crippen molar-refractivity contribution in [2.24, 2.45) is 14.1 Å². The van der Waals surface area contributed by atoms with Crippen LogP contribution in [0.2, 0.25) is 10.0 Å². The molecule has 2 aromatic heterocycles. The van der Waals surface area contributed by atoms with E-state index in [-0.39, 0.29) is 11.2 Å². The molecule has 4 rings (SSSR count). The Balaban J connectivity index is 1.30. The average Bonchev–Trinajstić information content (AvgIpc) is 3.20. The Morgan fingerprint density at radius 2 is 1.68 bits per heavy atom. The predicted molar refractivity (Wildman–Crippen MR) is 125 cm³/mol. The van der Waals surface area contributed by atoms with Gasteiger partial charge in [-0.25, -0.2) is 9.78 Å². The second kappa shape index (κ2) is 9.06. The number of fused-ring (bicyclic) bond motifs is 1. The van der Waals surface area contributed by atoms with Gasteiger partial charge in [-0.1, -0.05) is 29.3 Å². The van der Waals surface area contributed by atoms with Gasteiger partial charge in [0.2, 0.25) is 0 Å². The van der Waals surface area contributed by atoms with E-state index in [9.17, 15) is 9.59 Å². The molecule has 0 N–H and O–H groups in total. The Bertz CT molecular complexity index is 1210. The first-order chi connectivity index (χ1) is 14.9. The van der Waals surface area contributed by atoms with Crippen molar-refractivity contribution in [2.75, 3.05) is 37.6 Å². The number of benzene rings is 1. The normalized spacial score (nSPS) is 15.2. The number of unbranched alkanes of at least 4 members (excludes halogenated alkanes) is 1. The summed E-state index contributed by atoms with van der Waals surface area (Å²) in [5.41, 5.74) is 1.25. The summed E-state index contributed by atoms with van der Waals surface area (Å²) in [6.07, 6.45) is 3.60. The minimum absolute atomic E-state index is 0.300. The molecule has 1 fully saturated rings. The number of rotatable bonds is 6. The Hall–Kier alpha value is -2.29. The van der Waals surface area contributed by atoms with Gasteiger partial charge >= 0.3 is 5.69 Å². The molecule has 3 aromatic rings. The van der Waals surface area contributed by atoms with Gasteiger partial charge in [0.25, 0.3) is 5.56 Å². The molecule has 8 nitrogen and oxygen atoms in total. The van der Waals surface area contributed by atoms with E-state index in [1.807, 2.05) is 22.8 Å². The number of anilines is 1. The summed E-state index contributed by atoms with van der Waals surface area (Å²) in [7, 11) is 3.13. The fourth-order valence-corrected chi connectivity index (χ4v) is 4.55. The van der Waals surface area contributed by atoms with Crippen LogP contribution in [-0.4, -0.2) is 56.3 Å². The van der Waals surface area contributed by atoms with Crippen molar-refractivity contribution in [2.45, 2.75) is 19.4 Å². The molecule has 1 aliphatic rings. The highest BCUT2D eigenvalue weighted by Gasteiger charge is 2.19. The van der Waals surface area contributed by atoms with Crippen LogP contribution in [0.5, 0.6) is 0 Å². The average molecular weight is 465 g/mol. The summed E-state index contributed by atoms with van der Waals surface area (Å²) in [5, 5.41) is 1.21. The maximum atomic E-state index is 12.5. The summed E-state index contributed by atoms with van der Waals surface area (Å²) in [6, 6.07) is 5.75. The highest BCUT2D eigenvalue weighted by Crippen LogP contribution is 2.32. The Kier molecular flexibility index (Phi) is 6.41. The van der Waals surface area contributed by atoms with E-state index in [2.05, 4.69) is 14.8 Å². The maximum absolute atomic E-state index is 12.5. The molecule has 0 amide bonds. The third kappa shape index (κ3) is 4.24. The van der Waals surface area contributed by atoms with Gasteiger partial charge in [0.1, 0.15) is 0 Å². The predicted octanol–water partition coefficient (Wildman–Crippen LogP) is 2.34. The van der Waals surface area contributed by atoms with Gasteiger partial charge in [-0.3, -0.25) is 18.8 Å². The highest BCUT2D eigenvalue weighted by molar-refractivity contribution is 6.43. The molecular weight excluding hydrogens is 439 g/mol. The third-order valence-electron chi connectivity index (χ3n) is 5.98. The highest BCUT2D eigenvalue weighted by atomic mass is 35.5. The number of piperazine rings is 1. The molecule has 0 spiro atoms. The zero-order valence-corrected chi connectivity index (χ0v) is 19.2. The van der Waals surface area contributed by atoms with Crippen molar-refractivity contribution >= 4 is 40.1 Å². The van der Waals surface area contributed by atoms with Gasteiger partial charge in [-0.15, -0.1) is 0 Å². The molecule has 10 heteroatoms. The van der Waals surface area contributed by atoms with E-state index in [4.69, 9.17) is 23.2 Å². The lowest BCUT2D eigenvalue weighted by atomic mass is 10.2. The number of hydrogen-bond acceptors (Lipinski definition) is 5. The molecule has 166 valence electrons. The van der Waals surface area contributed by atoms with Gasteiger partial charge in [0.05, 0.1) is 22.1 Å². The van der Waals surface area contributed by atoms with Crippen LogP contribution >= 0.6 is 23.2 Å². The van der Waals surface area contributed by atoms with Crippen molar-refractivity contribution < 1.29 is 0 Å². The number of hydrogen-bond donors (Lipinski definition) is 0. The first-order valence-electron chi connectivity index (χ1n) is 10.4. The first-order valence-corrected chi connectivity index (χ1v) is 11.2. The summed E-state index contributed by atoms with van der Waals surface area (Å²) in [5.74, 6) is 0. The molecule has 1 saturated heterocycles. The van der Waals surface area contributed by atoms with Crippen LogP contribution in [0.25, 0.3) is 11.2 Å². The zero-order chi connectivity index (χ0) is 22.1. The van der Waals surface area contributed by atoms with Gasteiger partial charge in [0.15, 0.2) is 11.2 Å². The van der Waals surface area contributed by atoms with Crippen LogP contribution in [0.3, 0.4) is 0 Å². The molecular formula is C21H26Cl2N6O2. The number of aryl methyl sites for hydroxylation is 2. The van der Waals surface area contributed by atoms with Gasteiger partial charge < -0.3 is 9.47 Å². The van der Waals surface area contributed by atoms with E-state index < -0.39 is 0 Å². The molecule has 0 saturated carbocycles. The SMILES string of the molecule is Cn1c(=O)c2c(ncn2CCCCN2CCN(c3cccc(Cl)c3Cl)CC2)n(C)c1=O. The molecule has 0 radical (unpaired) electrons. The topological polar surface area (TPSA) is 68.3 Å². The second-order valence-corrected chi connectivity index (χ2v) is 8.71. The van der Waals surface area contributed by atoms with Gasteiger partial charge in [-0.05, 0) is 31.5 Å². The summed E-state index contributed by atoms with van der Waals surface area (Å²) in [6.45, 7) is 5.47. The van der Waals surface area contributed by atoms with Crippen LogP contribution in [0, 0.1) is 0 Å². The summed E-state index contributed by atoms with van der Waals surface area (Å²) < 4.78 is 4.40. The Morgan fingerprint density at radius 1 is 0.968 bits per heavy atom. The molecule has 0 atom stereocenters. The fraction of sp³-hybridized carbons (Fsp3) is 0.476. The largest absolute Gasteiger partial charge is 0.368 e. The van der Waals surface area contributed by atoms with Crippen molar-refractivity contribution in [3.8, 4) is 0 Å². The smallest absolute Gasteiger partial charge is 0.332 e. The first kappa shape index (κ1) is 21.9. The van der Waals surface area contributed by atoms with Crippen molar-refractivity contribution in [3.05, 3.63) is 55.4 Å². The van der Waals surface area contributed by atoms with E-state index in [0.717, 1.165) is 55.8 Å². The number of nitrogens with zero attached hydrogens (tertiary/aromatic N) is 6. The lowest BCUT2D eigenvalue weighted by molar-refractivity contribution is 0.251. The number of aromatic nitrogens is 4.